The van der Waals surface area contributed by atoms with Gasteiger partial charge in [0.25, 0.3) is 0 Å². The van der Waals surface area contributed by atoms with Crippen LogP contribution in [0.25, 0.3) is 10.8 Å². The number of hydrogen-bond acceptors (Lipinski definition) is 4. The molecule has 0 radical (unpaired) electrons. The number of carbonyl (C=O) groups is 1. The molecule has 0 saturated carbocycles. The molecule has 132 valence electrons. The topological polar surface area (TPSA) is 67.8 Å². The molecule has 0 unspecified atom stereocenters. The van der Waals surface area contributed by atoms with Gasteiger partial charge in [-0.1, -0.05) is 30.3 Å². The van der Waals surface area contributed by atoms with Crippen molar-refractivity contribution in [3.63, 3.8) is 0 Å². The van der Waals surface area contributed by atoms with Crippen molar-refractivity contribution < 1.29 is 19.4 Å². The molecule has 1 aliphatic rings. The summed E-state index contributed by atoms with van der Waals surface area (Å²) >= 11 is 0. The summed E-state index contributed by atoms with van der Waals surface area (Å²) in [5, 5.41) is 15.4. The average molecular weight is 349 g/mol. The number of rotatable bonds is 3. The highest BCUT2D eigenvalue weighted by atomic mass is 16.5. The smallest absolute Gasteiger partial charge is 0.225 e. The van der Waals surface area contributed by atoms with E-state index in [0.717, 1.165) is 27.6 Å². The second-order valence-corrected chi connectivity index (χ2v) is 6.33. The number of phenols is 1. The van der Waals surface area contributed by atoms with Gasteiger partial charge in [0.1, 0.15) is 0 Å². The van der Waals surface area contributed by atoms with E-state index in [9.17, 15) is 9.90 Å². The number of carbonyl (C=O) groups excluding carboxylic acids is 1. The lowest BCUT2D eigenvalue weighted by atomic mass is 9.82. The van der Waals surface area contributed by atoms with Gasteiger partial charge in [-0.15, -0.1) is 0 Å². The van der Waals surface area contributed by atoms with Crippen LogP contribution in [0.15, 0.2) is 48.5 Å². The molecule has 1 aliphatic heterocycles. The number of ether oxygens (including phenoxy) is 2. The molecule has 5 nitrogen and oxygen atoms in total. The molecular formula is C21H19NO4. The number of amides is 1. The normalized spacial score (nSPS) is 16.1. The first-order chi connectivity index (χ1) is 12.6. The molecule has 3 aromatic rings. The minimum absolute atomic E-state index is 0.0382. The number of benzene rings is 3. The first-order valence-electron chi connectivity index (χ1n) is 8.38. The van der Waals surface area contributed by atoms with E-state index in [0.29, 0.717) is 17.9 Å². The lowest BCUT2D eigenvalue weighted by Gasteiger charge is -2.28. The van der Waals surface area contributed by atoms with Gasteiger partial charge in [0, 0.05) is 18.0 Å². The van der Waals surface area contributed by atoms with E-state index >= 15 is 0 Å². The largest absolute Gasteiger partial charge is 0.502 e. The fraction of sp³-hybridized carbons (Fsp3) is 0.190. The first kappa shape index (κ1) is 16.3. The van der Waals surface area contributed by atoms with Gasteiger partial charge >= 0.3 is 0 Å². The minimum Gasteiger partial charge on any atom is -0.502 e. The van der Waals surface area contributed by atoms with E-state index in [1.807, 2.05) is 24.3 Å². The molecule has 0 aliphatic carbocycles. The van der Waals surface area contributed by atoms with E-state index in [-0.39, 0.29) is 17.6 Å². The van der Waals surface area contributed by atoms with Crippen molar-refractivity contribution in [2.75, 3.05) is 19.5 Å². The Morgan fingerprint density at radius 3 is 2.42 bits per heavy atom. The third kappa shape index (κ3) is 2.52. The fourth-order valence-electron chi connectivity index (χ4n) is 3.67. The predicted octanol–water partition coefficient (Wildman–Crippen LogP) is 4.04. The van der Waals surface area contributed by atoms with Crippen LogP contribution >= 0.6 is 0 Å². The highest BCUT2D eigenvalue weighted by molar-refractivity contribution is 6.01. The highest BCUT2D eigenvalue weighted by Crippen LogP contribution is 2.46. The molecule has 26 heavy (non-hydrogen) atoms. The summed E-state index contributed by atoms with van der Waals surface area (Å²) in [5.41, 5.74) is 2.75. The Hall–Kier alpha value is -3.21. The first-order valence-corrected chi connectivity index (χ1v) is 8.38. The van der Waals surface area contributed by atoms with E-state index in [4.69, 9.17) is 9.47 Å². The Balaban J connectivity index is 1.97. The Bertz CT molecular complexity index is 987. The Morgan fingerprint density at radius 2 is 1.73 bits per heavy atom. The number of nitrogens with one attached hydrogen (secondary N) is 1. The van der Waals surface area contributed by atoms with Gasteiger partial charge in [-0.05, 0) is 40.1 Å². The molecule has 5 heteroatoms. The number of methoxy groups -OCH3 is 2. The van der Waals surface area contributed by atoms with Crippen molar-refractivity contribution in [1.29, 1.82) is 0 Å². The van der Waals surface area contributed by atoms with Crippen molar-refractivity contribution in [2.45, 2.75) is 12.3 Å². The Morgan fingerprint density at radius 1 is 1.04 bits per heavy atom. The second-order valence-electron chi connectivity index (χ2n) is 6.33. The van der Waals surface area contributed by atoms with Crippen LogP contribution in [0.4, 0.5) is 5.69 Å². The zero-order chi connectivity index (χ0) is 18.3. The Labute approximate surface area is 151 Å². The van der Waals surface area contributed by atoms with Gasteiger partial charge < -0.3 is 19.9 Å². The van der Waals surface area contributed by atoms with Crippen LogP contribution in [-0.4, -0.2) is 25.2 Å². The van der Waals surface area contributed by atoms with Crippen LogP contribution < -0.4 is 14.8 Å². The summed E-state index contributed by atoms with van der Waals surface area (Å²) in [7, 11) is 2.99. The van der Waals surface area contributed by atoms with Crippen LogP contribution in [0, 0.1) is 0 Å². The number of hydrogen-bond donors (Lipinski definition) is 2. The monoisotopic (exact) mass is 349 g/mol. The molecule has 0 spiro atoms. The third-order valence-electron chi connectivity index (χ3n) is 4.89. The van der Waals surface area contributed by atoms with Gasteiger partial charge in [-0.2, -0.15) is 0 Å². The minimum atomic E-state index is -0.159. The highest BCUT2D eigenvalue weighted by Gasteiger charge is 2.29. The van der Waals surface area contributed by atoms with Crippen molar-refractivity contribution >= 4 is 22.4 Å². The molecule has 4 rings (SSSR count). The van der Waals surface area contributed by atoms with E-state index < -0.39 is 0 Å². The Kier molecular flexibility index (Phi) is 3.92. The van der Waals surface area contributed by atoms with Gasteiger partial charge in [-0.3, -0.25) is 4.79 Å². The number of aromatic hydroxyl groups is 1. The zero-order valence-corrected chi connectivity index (χ0v) is 14.6. The molecule has 0 fully saturated rings. The molecule has 0 saturated heterocycles. The van der Waals surface area contributed by atoms with Crippen LogP contribution in [-0.2, 0) is 4.79 Å². The van der Waals surface area contributed by atoms with Gasteiger partial charge in [-0.25, -0.2) is 0 Å². The van der Waals surface area contributed by atoms with Gasteiger partial charge in [0.05, 0.1) is 14.2 Å². The van der Waals surface area contributed by atoms with Crippen molar-refractivity contribution in [2.24, 2.45) is 0 Å². The molecule has 3 aromatic carbocycles. The number of fused-ring (bicyclic) bond motifs is 3. The van der Waals surface area contributed by atoms with Gasteiger partial charge in [0.15, 0.2) is 11.5 Å². The molecular weight excluding hydrogens is 330 g/mol. The molecule has 1 heterocycles. The number of phenolic OH excluding ortho intramolecular Hbond substituents is 1. The maximum Gasteiger partial charge on any atom is 0.225 e. The maximum atomic E-state index is 12.3. The molecule has 1 amide bonds. The summed E-state index contributed by atoms with van der Waals surface area (Å²) in [4.78, 5) is 12.3. The third-order valence-corrected chi connectivity index (χ3v) is 4.89. The van der Waals surface area contributed by atoms with Crippen molar-refractivity contribution in [3.05, 3.63) is 59.7 Å². The van der Waals surface area contributed by atoms with Crippen LogP contribution in [0.5, 0.6) is 17.2 Å². The van der Waals surface area contributed by atoms with Crippen molar-refractivity contribution in [1.82, 2.24) is 0 Å². The molecule has 1 atom stereocenters. The fourth-order valence-corrected chi connectivity index (χ4v) is 3.67. The van der Waals surface area contributed by atoms with Gasteiger partial charge in [0.2, 0.25) is 11.7 Å². The summed E-state index contributed by atoms with van der Waals surface area (Å²) in [6.07, 6.45) is 0.318. The predicted molar refractivity (Wildman–Crippen MR) is 100 cm³/mol. The van der Waals surface area contributed by atoms with Crippen LogP contribution in [0.1, 0.15) is 23.5 Å². The summed E-state index contributed by atoms with van der Waals surface area (Å²) in [5.74, 6) is 0.411. The standard InChI is InChI=1S/C21H19NO4/c1-25-17-9-13(10-18(26-2)21(17)24)15-11-19(23)22-16-8-7-12-5-3-4-6-14(12)20(15)16/h3-10,15,24H,11H2,1-2H3,(H,22,23)/t15-/m1/s1. The molecule has 0 bridgehead atoms. The lowest BCUT2D eigenvalue weighted by Crippen LogP contribution is -2.23. The summed E-state index contributed by atoms with van der Waals surface area (Å²) in [6, 6.07) is 15.6. The molecule has 2 N–H and O–H groups in total. The van der Waals surface area contributed by atoms with E-state index in [1.165, 1.54) is 14.2 Å². The van der Waals surface area contributed by atoms with Crippen molar-refractivity contribution in [3.8, 4) is 17.2 Å². The second kappa shape index (κ2) is 6.26. The zero-order valence-electron chi connectivity index (χ0n) is 14.6. The molecule has 0 aromatic heterocycles. The van der Waals surface area contributed by atoms with Crippen LogP contribution in [0.3, 0.4) is 0 Å². The number of anilines is 1. The summed E-state index contributed by atoms with van der Waals surface area (Å²) < 4.78 is 10.6. The quantitative estimate of drug-likeness (QED) is 0.749. The average Bonchev–Trinajstić information content (AvgIpc) is 2.67. The van der Waals surface area contributed by atoms with Crippen LogP contribution in [0.2, 0.25) is 0 Å². The van der Waals surface area contributed by atoms with E-state index in [2.05, 4.69) is 17.4 Å². The SMILES string of the molecule is COc1cc([C@H]2CC(=O)Nc3ccc4ccccc4c32)cc(OC)c1O. The van der Waals surface area contributed by atoms with E-state index in [1.54, 1.807) is 12.1 Å². The summed E-state index contributed by atoms with van der Waals surface area (Å²) in [6.45, 7) is 0. The maximum absolute atomic E-state index is 12.3. The lowest BCUT2D eigenvalue weighted by molar-refractivity contribution is -0.116.